The zero-order valence-electron chi connectivity index (χ0n) is 14.3. The number of hydrogen-bond acceptors (Lipinski definition) is 5. The first-order chi connectivity index (χ1) is 11.3. The minimum atomic E-state index is -1.12. The first-order valence-corrected chi connectivity index (χ1v) is 12.4. The van der Waals surface area contributed by atoms with E-state index in [0.717, 1.165) is 6.04 Å². The fourth-order valence-electron chi connectivity index (χ4n) is 2.17. The zero-order valence-corrected chi connectivity index (χ0v) is 16.8. The number of rotatable bonds is 9. The van der Waals surface area contributed by atoms with E-state index in [4.69, 9.17) is 33.0 Å². The maximum atomic E-state index is 8.91. The van der Waals surface area contributed by atoms with Gasteiger partial charge in [0.05, 0.1) is 10.4 Å². The highest BCUT2D eigenvalue weighted by Crippen LogP contribution is 2.31. The van der Waals surface area contributed by atoms with Gasteiger partial charge >= 0.3 is 0 Å². The summed E-state index contributed by atoms with van der Waals surface area (Å²) in [5.41, 5.74) is 0.638. The maximum Gasteiger partial charge on any atom is 0.226 e. The molecule has 0 atom stereocenters. The summed E-state index contributed by atoms with van der Waals surface area (Å²) >= 11 is 12.4. The molecule has 24 heavy (non-hydrogen) atoms. The Balaban J connectivity index is 2.17. The normalized spacial score (nSPS) is 12.1. The Hall–Kier alpha value is -0.863. The number of hydrogen-bond donors (Lipinski definition) is 2. The fourth-order valence-corrected chi connectivity index (χ4v) is 3.38. The molecule has 0 saturated heterocycles. The van der Waals surface area contributed by atoms with Crippen molar-refractivity contribution in [3.05, 3.63) is 16.5 Å². The van der Waals surface area contributed by atoms with Crippen LogP contribution in [0.2, 0.25) is 36.0 Å². The Morgan fingerprint density at radius 1 is 1.29 bits per heavy atom. The van der Waals surface area contributed by atoms with Crippen molar-refractivity contribution in [1.82, 2.24) is 14.5 Å². The first-order valence-electron chi connectivity index (χ1n) is 7.96. The van der Waals surface area contributed by atoms with Crippen molar-refractivity contribution in [1.29, 1.82) is 0 Å². The van der Waals surface area contributed by atoms with Gasteiger partial charge < -0.3 is 19.7 Å². The van der Waals surface area contributed by atoms with Crippen LogP contribution < -0.4 is 5.32 Å². The lowest BCUT2D eigenvalue weighted by Crippen LogP contribution is -2.22. The van der Waals surface area contributed by atoms with E-state index in [-0.39, 0.29) is 11.9 Å². The van der Waals surface area contributed by atoms with E-state index < -0.39 is 8.07 Å². The van der Waals surface area contributed by atoms with Gasteiger partial charge in [-0.05, 0) is 24.1 Å². The van der Waals surface area contributed by atoms with Crippen molar-refractivity contribution in [3.8, 4) is 0 Å². The molecule has 0 spiro atoms. The topological polar surface area (TPSA) is 72.2 Å². The van der Waals surface area contributed by atoms with Gasteiger partial charge in [-0.2, -0.15) is 9.97 Å². The predicted octanol–water partition coefficient (Wildman–Crippen LogP) is 3.84. The molecule has 2 aromatic heterocycles. The molecule has 0 unspecified atom stereocenters. The molecule has 2 rings (SSSR count). The Bertz CT molecular complexity index is 688. The molecular formula is C15H24Cl2N4O2Si. The Kier molecular flexibility index (Phi) is 6.88. The number of ether oxygens (including phenoxy) is 1. The van der Waals surface area contributed by atoms with Crippen molar-refractivity contribution < 1.29 is 9.84 Å². The molecule has 2 heterocycles. The number of nitrogens with zero attached hydrogens (tertiary/aromatic N) is 3. The van der Waals surface area contributed by atoms with Gasteiger partial charge in [0.15, 0.2) is 5.65 Å². The highest BCUT2D eigenvalue weighted by atomic mass is 35.5. The van der Waals surface area contributed by atoms with Crippen LogP contribution in [0.15, 0.2) is 6.20 Å². The summed E-state index contributed by atoms with van der Waals surface area (Å²) in [4.78, 5) is 8.49. The zero-order chi connectivity index (χ0) is 17.7. The lowest BCUT2D eigenvalue weighted by atomic mass is 10.3. The summed E-state index contributed by atoms with van der Waals surface area (Å²) in [6, 6.07) is 1.10. The summed E-state index contributed by atoms with van der Waals surface area (Å²) in [5.74, 6) is 0.573. The van der Waals surface area contributed by atoms with Crippen LogP contribution in [0.3, 0.4) is 0 Å². The third kappa shape index (κ3) is 5.32. The summed E-state index contributed by atoms with van der Waals surface area (Å²) < 4.78 is 7.62. The molecule has 0 bridgehead atoms. The quantitative estimate of drug-likeness (QED) is 0.386. The number of nitrogens with one attached hydrogen (secondary N) is 1. The molecule has 0 aliphatic heterocycles. The van der Waals surface area contributed by atoms with Gasteiger partial charge in [0.25, 0.3) is 0 Å². The van der Waals surface area contributed by atoms with Crippen LogP contribution in [0.1, 0.15) is 6.42 Å². The highest BCUT2D eigenvalue weighted by Gasteiger charge is 2.16. The van der Waals surface area contributed by atoms with E-state index in [1.165, 1.54) is 0 Å². The van der Waals surface area contributed by atoms with Crippen LogP contribution in [0.5, 0.6) is 0 Å². The van der Waals surface area contributed by atoms with Gasteiger partial charge in [0.2, 0.25) is 5.28 Å². The number of aromatic nitrogens is 3. The molecule has 0 aliphatic rings. The maximum absolute atomic E-state index is 8.91. The Labute approximate surface area is 153 Å². The van der Waals surface area contributed by atoms with Gasteiger partial charge in [-0.3, -0.25) is 0 Å². The third-order valence-corrected chi connectivity index (χ3v) is 5.66. The monoisotopic (exact) mass is 390 g/mol. The molecule has 6 nitrogen and oxygen atoms in total. The van der Waals surface area contributed by atoms with E-state index in [0.29, 0.717) is 48.2 Å². The van der Waals surface area contributed by atoms with E-state index in [1.807, 2.05) is 4.57 Å². The number of anilines is 1. The fraction of sp³-hybridized carbons (Fsp3) is 0.600. The van der Waals surface area contributed by atoms with Gasteiger partial charge in [-0.15, -0.1) is 0 Å². The van der Waals surface area contributed by atoms with Gasteiger partial charge in [-0.1, -0.05) is 31.2 Å². The molecule has 0 fully saturated rings. The molecule has 0 aliphatic carbocycles. The summed E-state index contributed by atoms with van der Waals surface area (Å²) in [6.45, 7) is 8.72. The molecule has 0 radical (unpaired) electrons. The number of fused-ring (bicyclic) bond motifs is 1. The van der Waals surface area contributed by atoms with Gasteiger partial charge in [0, 0.05) is 34.0 Å². The summed E-state index contributed by atoms with van der Waals surface area (Å²) in [6.07, 6.45) is 2.39. The standard InChI is InChI=1S/C15H24Cl2N4O2Si/c1-24(2,3)8-7-23-10-21-9-11(16)12-13(18-5-4-6-22)19-15(17)20-14(12)21/h9,22H,4-8,10H2,1-3H3,(H,18,19,20). The molecule has 0 amide bonds. The Morgan fingerprint density at radius 3 is 2.71 bits per heavy atom. The lowest BCUT2D eigenvalue weighted by molar-refractivity contribution is 0.0899. The van der Waals surface area contributed by atoms with E-state index in [1.54, 1.807) is 6.20 Å². The largest absolute Gasteiger partial charge is 0.396 e. The highest BCUT2D eigenvalue weighted by molar-refractivity contribution is 6.76. The van der Waals surface area contributed by atoms with Crippen molar-refractivity contribution in [2.75, 3.05) is 25.1 Å². The van der Waals surface area contributed by atoms with Crippen LogP contribution in [0.4, 0.5) is 5.82 Å². The smallest absolute Gasteiger partial charge is 0.226 e. The first kappa shape index (κ1) is 19.5. The van der Waals surface area contributed by atoms with Crippen LogP contribution in [0.25, 0.3) is 11.0 Å². The van der Waals surface area contributed by atoms with Crippen LogP contribution in [-0.2, 0) is 11.5 Å². The number of aliphatic hydroxyl groups is 1. The molecule has 134 valence electrons. The summed E-state index contributed by atoms with van der Waals surface area (Å²) in [7, 11) is -1.12. The minimum Gasteiger partial charge on any atom is -0.396 e. The third-order valence-electron chi connectivity index (χ3n) is 3.50. The van der Waals surface area contributed by atoms with Gasteiger partial charge in [0.1, 0.15) is 12.5 Å². The number of halogens is 2. The second kappa shape index (κ2) is 8.49. The second-order valence-electron chi connectivity index (χ2n) is 6.84. The molecule has 0 saturated carbocycles. The molecule has 2 aromatic rings. The predicted molar refractivity (Wildman–Crippen MR) is 102 cm³/mol. The Morgan fingerprint density at radius 2 is 2.04 bits per heavy atom. The van der Waals surface area contributed by atoms with Gasteiger partial charge in [-0.25, -0.2) is 0 Å². The second-order valence-corrected chi connectivity index (χ2v) is 13.2. The summed E-state index contributed by atoms with van der Waals surface area (Å²) in [5, 5.41) is 13.5. The number of aliphatic hydroxyl groups excluding tert-OH is 1. The lowest BCUT2D eigenvalue weighted by Gasteiger charge is -2.15. The molecule has 9 heteroatoms. The molecule has 0 aromatic carbocycles. The molecule has 2 N–H and O–H groups in total. The van der Waals surface area contributed by atoms with Crippen molar-refractivity contribution in [3.63, 3.8) is 0 Å². The van der Waals surface area contributed by atoms with E-state index in [2.05, 4.69) is 34.9 Å². The van der Waals surface area contributed by atoms with Crippen LogP contribution >= 0.6 is 23.2 Å². The van der Waals surface area contributed by atoms with Crippen LogP contribution in [-0.4, -0.2) is 47.5 Å². The van der Waals surface area contributed by atoms with Crippen LogP contribution in [0, 0.1) is 0 Å². The molecular weight excluding hydrogens is 367 g/mol. The average molecular weight is 391 g/mol. The SMILES string of the molecule is C[Si](C)(C)CCOCn1cc(Cl)c2c(NCCCO)nc(Cl)nc21. The van der Waals surface area contributed by atoms with E-state index in [9.17, 15) is 0 Å². The van der Waals surface area contributed by atoms with Crippen molar-refractivity contribution in [2.45, 2.75) is 38.8 Å². The average Bonchev–Trinajstić information content (AvgIpc) is 2.79. The van der Waals surface area contributed by atoms with Crippen molar-refractivity contribution >= 4 is 48.1 Å². The van der Waals surface area contributed by atoms with Crippen molar-refractivity contribution in [2.24, 2.45) is 0 Å². The minimum absolute atomic E-state index is 0.106. The van der Waals surface area contributed by atoms with E-state index >= 15 is 0 Å².